The third-order valence-corrected chi connectivity index (χ3v) is 6.60. The normalized spacial score (nSPS) is 19.6. The number of nitrogens with zero attached hydrogens (tertiary/aromatic N) is 1. The minimum Gasteiger partial charge on any atom is -0.326 e. The van der Waals surface area contributed by atoms with Gasteiger partial charge >= 0.3 is 0 Å². The Morgan fingerprint density at radius 1 is 1.24 bits per heavy atom. The van der Waals surface area contributed by atoms with Crippen molar-refractivity contribution in [3.63, 3.8) is 0 Å². The number of hydrogen-bond acceptors (Lipinski definition) is 3. The summed E-state index contributed by atoms with van der Waals surface area (Å²) in [4.78, 5) is 0. The Labute approximate surface area is 128 Å². The minimum absolute atomic E-state index is 0.0731. The van der Waals surface area contributed by atoms with Crippen LogP contribution in [-0.4, -0.2) is 25.8 Å². The lowest BCUT2D eigenvalue weighted by molar-refractivity contribution is 0.169. The Kier molecular flexibility index (Phi) is 5.07. The molecule has 0 bridgehead atoms. The van der Waals surface area contributed by atoms with E-state index in [0.717, 1.165) is 30.4 Å². The molecule has 2 rings (SSSR count). The Hall–Kier alpha value is -0.910. The lowest BCUT2D eigenvalue weighted by Gasteiger charge is -2.38. The molecule has 118 valence electrons. The largest absolute Gasteiger partial charge is 0.326 e. The van der Waals surface area contributed by atoms with Crippen LogP contribution < -0.4 is 5.73 Å². The highest BCUT2D eigenvalue weighted by molar-refractivity contribution is 7.88. The van der Waals surface area contributed by atoms with Gasteiger partial charge in [0.15, 0.2) is 0 Å². The summed E-state index contributed by atoms with van der Waals surface area (Å²) in [5.41, 5.74) is 7.70. The van der Waals surface area contributed by atoms with Crippen LogP contribution in [0, 0.1) is 5.41 Å². The average Bonchev–Trinajstić information content (AvgIpc) is 2.47. The van der Waals surface area contributed by atoms with Crippen molar-refractivity contribution in [2.45, 2.75) is 45.4 Å². The molecule has 0 saturated carbocycles. The van der Waals surface area contributed by atoms with Crippen LogP contribution in [0.4, 0.5) is 0 Å². The van der Waals surface area contributed by atoms with Gasteiger partial charge in [-0.1, -0.05) is 44.5 Å². The Morgan fingerprint density at radius 3 is 2.43 bits per heavy atom. The number of nitrogens with two attached hydrogens (primary N) is 1. The number of hydrogen-bond donors (Lipinski definition) is 1. The summed E-state index contributed by atoms with van der Waals surface area (Å²) in [5.74, 6) is 0.0731. The van der Waals surface area contributed by atoms with Crippen molar-refractivity contribution in [1.29, 1.82) is 0 Å². The lowest BCUT2D eigenvalue weighted by Crippen LogP contribution is -2.42. The van der Waals surface area contributed by atoms with Gasteiger partial charge in [0.05, 0.1) is 5.75 Å². The molecule has 21 heavy (non-hydrogen) atoms. The van der Waals surface area contributed by atoms with Crippen molar-refractivity contribution in [3.8, 4) is 0 Å². The molecule has 5 heteroatoms. The SMILES string of the molecule is CCC1(C)CCN(S(=O)(=O)Cc2cccc(CN)c2)CC1. The van der Waals surface area contributed by atoms with Crippen LogP contribution in [0.5, 0.6) is 0 Å². The summed E-state index contributed by atoms with van der Waals surface area (Å²) in [6, 6.07) is 7.54. The molecule has 1 aromatic rings. The van der Waals surface area contributed by atoms with Gasteiger partial charge in [0.1, 0.15) is 0 Å². The van der Waals surface area contributed by atoms with E-state index < -0.39 is 10.0 Å². The predicted molar refractivity (Wildman–Crippen MR) is 86.2 cm³/mol. The zero-order chi connectivity index (χ0) is 15.5. The van der Waals surface area contributed by atoms with Gasteiger partial charge in [0, 0.05) is 19.6 Å². The van der Waals surface area contributed by atoms with E-state index in [2.05, 4.69) is 13.8 Å². The molecule has 0 amide bonds. The van der Waals surface area contributed by atoms with E-state index in [0.29, 0.717) is 25.0 Å². The maximum Gasteiger partial charge on any atom is 0.218 e. The first-order chi connectivity index (χ1) is 9.88. The lowest BCUT2D eigenvalue weighted by atomic mass is 9.79. The summed E-state index contributed by atoms with van der Waals surface area (Å²) >= 11 is 0. The van der Waals surface area contributed by atoms with E-state index in [4.69, 9.17) is 5.73 Å². The Morgan fingerprint density at radius 2 is 1.86 bits per heavy atom. The van der Waals surface area contributed by atoms with Gasteiger partial charge in [0.25, 0.3) is 0 Å². The van der Waals surface area contributed by atoms with Crippen LogP contribution >= 0.6 is 0 Å². The molecule has 2 N–H and O–H groups in total. The predicted octanol–water partition coefficient (Wildman–Crippen LogP) is 2.49. The van der Waals surface area contributed by atoms with Crippen LogP contribution in [0.1, 0.15) is 44.2 Å². The molecule has 0 aliphatic carbocycles. The maximum absolute atomic E-state index is 12.5. The highest BCUT2D eigenvalue weighted by atomic mass is 32.2. The van der Waals surface area contributed by atoms with Gasteiger partial charge in [0.2, 0.25) is 10.0 Å². The van der Waals surface area contributed by atoms with Gasteiger partial charge in [-0.2, -0.15) is 0 Å². The van der Waals surface area contributed by atoms with Gasteiger partial charge in [-0.05, 0) is 29.4 Å². The molecule has 1 saturated heterocycles. The van der Waals surface area contributed by atoms with E-state index in [9.17, 15) is 8.42 Å². The zero-order valence-corrected chi connectivity index (χ0v) is 13.8. The fraction of sp³-hybridized carbons (Fsp3) is 0.625. The third-order valence-electron chi connectivity index (χ3n) is 4.75. The topological polar surface area (TPSA) is 63.4 Å². The number of benzene rings is 1. The van der Waals surface area contributed by atoms with Crippen LogP contribution in [-0.2, 0) is 22.3 Å². The standard InChI is InChI=1S/C16H26N2O2S/c1-3-16(2)7-9-18(10-8-16)21(19,20)13-15-6-4-5-14(11-15)12-17/h4-6,11H,3,7-10,12-13,17H2,1-2H3. The van der Waals surface area contributed by atoms with Crippen molar-refractivity contribution >= 4 is 10.0 Å². The smallest absolute Gasteiger partial charge is 0.218 e. The monoisotopic (exact) mass is 310 g/mol. The molecule has 0 atom stereocenters. The van der Waals surface area contributed by atoms with E-state index >= 15 is 0 Å². The van der Waals surface area contributed by atoms with E-state index in [1.165, 1.54) is 0 Å². The minimum atomic E-state index is -3.23. The zero-order valence-electron chi connectivity index (χ0n) is 13.0. The first-order valence-electron chi connectivity index (χ1n) is 7.64. The Bertz CT molecular complexity index is 576. The molecule has 0 aromatic heterocycles. The summed E-state index contributed by atoms with van der Waals surface area (Å²) in [6.07, 6.45) is 3.01. The fourth-order valence-corrected chi connectivity index (χ4v) is 4.33. The quantitative estimate of drug-likeness (QED) is 0.909. The molecule has 0 spiro atoms. The first kappa shape index (κ1) is 16.5. The van der Waals surface area contributed by atoms with Crippen molar-refractivity contribution in [3.05, 3.63) is 35.4 Å². The summed E-state index contributed by atoms with van der Waals surface area (Å²) in [6.45, 7) is 6.16. The molecule has 0 radical (unpaired) electrons. The summed E-state index contributed by atoms with van der Waals surface area (Å²) in [5, 5.41) is 0. The summed E-state index contributed by atoms with van der Waals surface area (Å²) < 4.78 is 26.7. The molecule has 1 fully saturated rings. The molecular weight excluding hydrogens is 284 g/mol. The van der Waals surface area contributed by atoms with Crippen molar-refractivity contribution in [2.24, 2.45) is 11.1 Å². The van der Waals surface area contributed by atoms with Gasteiger partial charge < -0.3 is 5.73 Å². The molecule has 1 aromatic carbocycles. The highest BCUT2D eigenvalue weighted by Gasteiger charge is 2.33. The summed E-state index contributed by atoms with van der Waals surface area (Å²) in [7, 11) is -3.23. The second-order valence-corrected chi connectivity index (χ2v) is 8.31. The van der Waals surface area contributed by atoms with Gasteiger partial charge in [-0.3, -0.25) is 0 Å². The fourth-order valence-electron chi connectivity index (χ4n) is 2.81. The molecule has 0 unspecified atom stereocenters. The molecular formula is C16H26N2O2S. The number of piperidine rings is 1. The molecule has 1 aliphatic rings. The third kappa shape index (κ3) is 4.05. The second-order valence-electron chi connectivity index (χ2n) is 6.34. The maximum atomic E-state index is 12.5. The number of rotatable bonds is 5. The van der Waals surface area contributed by atoms with E-state index in [1.807, 2.05) is 24.3 Å². The van der Waals surface area contributed by atoms with E-state index in [-0.39, 0.29) is 5.75 Å². The van der Waals surface area contributed by atoms with Crippen LogP contribution in [0.3, 0.4) is 0 Å². The van der Waals surface area contributed by atoms with Crippen molar-refractivity contribution in [2.75, 3.05) is 13.1 Å². The van der Waals surface area contributed by atoms with Crippen molar-refractivity contribution in [1.82, 2.24) is 4.31 Å². The second kappa shape index (κ2) is 6.46. The van der Waals surface area contributed by atoms with Gasteiger partial charge in [-0.25, -0.2) is 12.7 Å². The first-order valence-corrected chi connectivity index (χ1v) is 9.25. The average molecular weight is 310 g/mol. The van der Waals surface area contributed by atoms with Crippen LogP contribution in [0.2, 0.25) is 0 Å². The molecule has 1 aliphatic heterocycles. The Balaban J connectivity index is 2.05. The van der Waals surface area contributed by atoms with Crippen LogP contribution in [0.15, 0.2) is 24.3 Å². The highest BCUT2D eigenvalue weighted by Crippen LogP contribution is 2.35. The van der Waals surface area contributed by atoms with Gasteiger partial charge in [-0.15, -0.1) is 0 Å². The van der Waals surface area contributed by atoms with Crippen molar-refractivity contribution < 1.29 is 8.42 Å². The molecule has 1 heterocycles. The number of sulfonamides is 1. The van der Waals surface area contributed by atoms with Crippen LogP contribution in [0.25, 0.3) is 0 Å². The molecule has 4 nitrogen and oxygen atoms in total. The van der Waals surface area contributed by atoms with E-state index in [1.54, 1.807) is 4.31 Å².